The Balaban J connectivity index is 1.51. The maximum atomic E-state index is 12.8. The van der Waals surface area contributed by atoms with Gasteiger partial charge in [0.25, 0.3) is 0 Å². The van der Waals surface area contributed by atoms with Crippen molar-refractivity contribution in [2.45, 2.75) is 19.8 Å². The van der Waals surface area contributed by atoms with Gasteiger partial charge in [0.1, 0.15) is 11.5 Å². The van der Waals surface area contributed by atoms with E-state index in [1.165, 1.54) is 31.1 Å². The number of anilines is 1. The summed E-state index contributed by atoms with van der Waals surface area (Å²) in [5.74, 6) is 0.536. The van der Waals surface area contributed by atoms with Gasteiger partial charge in [-0.1, -0.05) is 71.5 Å². The first-order chi connectivity index (χ1) is 17.0. The van der Waals surface area contributed by atoms with Crippen LogP contribution in [0.25, 0.3) is 21.7 Å². The van der Waals surface area contributed by atoms with Crippen LogP contribution in [0.5, 0.6) is 11.5 Å². The number of methoxy groups -OCH3 is 2. The molecule has 0 saturated heterocycles. The fourth-order valence-electron chi connectivity index (χ4n) is 3.64. The molecule has 0 radical (unpaired) electrons. The number of ketones is 1. The first-order valence-electron chi connectivity index (χ1n) is 11.2. The number of hydrogen-bond acceptors (Lipinski definition) is 6. The lowest BCUT2D eigenvalue weighted by molar-refractivity contribution is -0.116. The summed E-state index contributed by atoms with van der Waals surface area (Å²) in [5, 5.41) is 3.37. The number of nitrogens with one attached hydrogen (secondary N) is 1. The van der Waals surface area contributed by atoms with Crippen LogP contribution in [-0.4, -0.2) is 30.9 Å². The monoisotopic (exact) mass is 486 g/mol. The van der Waals surface area contributed by atoms with E-state index < -0.39 is 0 Å². The number of carbonyl (C=O) groups excluding carboxylic acids is 2. The molecule has 7 heteroatoms. The van der Waals surface area contributed by atoms with Crippen LogP contribution in [0.4, 0.5) is 5.13 Å². The molecule has 1 N–H and O–H groups in total. The standard InChI is InChI=1S/C28H26N2O4S/c1-18-9-11-20(12-10-18)27-26(19-7-5-4-6-8-19)30-28(35-27)29-25(32)16-14-23(31)22-17-21(33-2)13-15-24(22)34-3/h4-13,15,17H,14,16H2,1-3H3,(H,29,30,32). The largest absolute Gasteiger partial charge is 0.497 e. The van der Waals surface area contributed by atoms with Crippen LogP contribution in [0.2, 0.25) is 0 Å². The molecule has 0 fully saturated rings. The molecule has 0 atom stereocenters. The predicted molar refractivity (Wildman–Crippen MR) is 139 cm³/mol. The van der Waals surface area contributed by atoms with Crippen molar-refractivity contribution in [2.75, 3.05) is 19.5 Å². The summed E-state index contributed by atoms with van der Waals surface area (Å²) < 4.78 is 10.5. The molecule has 0 aliphatic carbocycles. The van der Waals surface area contributed by atoms with Gasteiger partial charge in [0, 0.05) is 18.4 Å². The highest BCUT2D eigenvalue weighted by molar-refractivity contribution is 7.19. The number of nitrogens with zero attached hydrogens (tertiary/aromatic N) is 1. The minimum absolute atomic E-state index is 0.0271. The van der Waals surface area contributed by atoms with E-state index in [1.54, 1.807) is 18.2 Å². The van der Waals surface area contributed by atoms with E-state index in [4.69, 9.17) is 14.5 Å². The van der Waals surface area contributed by atoms with Crippen molar-refractivity contribution in [3.05, 3.63) is 83.9 Å². The van der Waals surface area contributed by atoms with E-state index in [1.807, 2.05) is 37.3 Å². The van der Waals surface area contributed by atoms with Crippen molar-refractivity contribution in [2.24, 2.45) is 0 Å². The van der Waals surface area contributed by atoms with E-state index in [-0.39, 0.29) is 24.5 Å². The number of hydrogen-bond donors (Lipinski definition) is 1. The highest BCUT2D eigenvalue weighted by Gasteiger charge is 2.18. The Morgan fingerprint density at radius 3 is 2.31 bits per heavy atom. The van der Waals surface area contributed by atoms with Gasteiger partial charge >= 0.3 is 0 Å². The Morgan fingerprint density at radius 1 is 0.886 bits per heavy atom. The molecule has 3 aromatic carbocycles. The van der Waals surface area contributed by atoms with Gasteiger partial charge in [0.05, 0.1) is 30.4 Å². The molecular weight excluding hydrogens is 460 g/mol. The molecule has 178 valence electrons. The molecule has 4 rings (SSSR count). The second-order valence-electron chi connectivity index (χ2n) is 7.97. The number of aryl methyl sites for hydroxylation is 1. The smallest absolute Gasteiger partial charge is 0.226 e. The fraction of sp³-hybridized carbons (Fsp3) is 0.179. The lowest BCUT2D eigenvalue weighted by Gasteiger charge is -2.09. The summed E-state index contributed by atoms with van der Waals surface area (Å²) in [4.78, 5) is 31.2. The molecule has 1 aromatic heterocycles. The van der Waals surface area contributed by atoms with Gasteiger partial charge in [-0.15, -0.1) is 0 Å². The summed E-state index contributed by atoms with van der Waals surface area (Å²) in [6, 6.07) is 23.1. The predicted octanol–water partition coefficient (Wildman–Crippen LogP) is 6.40. The molecule has 0 spiro atoms. The number of Topliss-reactive ketones (excluding diaryl/α,β-unsaturated/α-hetero) is 1. The van der Waals surface area contributed by atoms with E-state index in [0.29, 0.717) is 22.2 Å². The van der Waals surface area contributed by atoms with Crippen molar-refractivity contribution in [1.29, 1.82) is 0 Å². The topological polar surface area (TPSA) is 77.5 Å². The fourth-order valence-corrected chi connectivity index (χ4v) is 4.65. The average Bonchev–Trinajstić information content (AvgIpc) is 3.31. The van der Waals surface area contributed by atoms with E-state index in [9.17, 15) is 9.59 Å². The van der Waals surface area contributed by atoms with Gasteiger partial charge in [0.15, 0.2) is 10.9 Å². The van der Waals surface area contributed by atoms with Crippen molar-refractivity contribution < 1.29 is 19.1 Å². The van der Waals surface area contributed by atoms with Gasteiger partial charge in [-0.25, -0.2) is 4.98 Å². The summed E-state index contributed by atoms with van der Waals surface area (Å²) in [5.41, 5.74) is 4.38. The van der Waals surface area contributed by atoms with Crippen LogP contribution < -0.4 is 14.8 Å². The van der Waals surface area contributed by atoms with Gasteiger partial charge in [-0.2, -0.15) is 0 Å². The van der Waals surface area contributed by atoms with Crippen molar-refractivity contribution >= 4 is 28.2 Å². The van der Waals surface area contributed by atoms with Crippen molar-refractivity contribution in [3.63, 3.8) is 0 Å². The highest BCUT2D eigenvalue weighted by atomic mass is 32.1. The summed E-state index contributed by atoms with van der Waals surface area (Å²) in [6.07, 6.45) is 0.0659. The molecule has 0 aliphatic rings. The van der Waals surface area contributed by atoms with Crippen molar-refractivity contribution in [3.8, 4) is 33.2 Å². The second kappa shape index (κ2) is 11.0. The normalized spacial score (nSPS) is 10.6. The molecule has 0 aliphatic heterocycles. The zero-order valence-electron chi connectivity index (χ0n) is 19.8. The number of thiazole rings is 1. The summed E-state index contributed by atoms with van der Waals surface area (Å²) in [6.45, 7) is 2.04. The minimum Gasteiger partial charge on any atom is -0.497 e. The Labute approximate surface area is 208 Å². The third-order valence-electron chi connectivity index (χ3n) is 5.52. The van der Waals surface area contributed by atoms with E-state index in [2.05, 4.69) is 29.6 Å². The SMILES string of the molecule is COc1ccc(OC)c(C(=O)CCC(=O)Nc2nc(-c3ccccc3)c(-c3ccc(C)cc3)s2)c1. The Morgan fingerprint density at radius 2 is 1.63 bits per heavy atom. The first-order valence-corrected chi connectivity index (χ1v) is 12.0. The lowest BCUT2D eigenvalue weighted by atomic mass is 10.0. The van der Waals surface area contributed by atoms with Gasteiger partial charge < -0.3 is 14.8 Å². The second-order valence-corrected chi connectivity index (χ2v) is 8.97. The van der Waals surface area contributed by atoms with Gasteiger partial charge in [-0.3, -0.25) is 9.59 Å². The first kappa shape index (κ1) is 24.2. The Hall–Kier alpha value is -3.97. The van der Waals surface area contributed by atoms with Crippen LogP contribution in [-0.2, 0) is 4.79 Å². The molecule has 0 saturated carbocycles. The molecule has 0 unspecified atom stereocenters. The summed E-state index contributed by atoms with van der Waals surface area (Å²) >= 11 is 1.42. The van der Waals surface area contributed by atoms with Crippen LogP contribution in [0, 0.1) is 6.92 Å². The number of carbonyl (C=O) groups is 2. The van der Waals surface area contributed by atoms with Crippen LogP contribution in [0.15, 0.2) is 72.8 Å². The number of rotatable bonds is 9. The maximum absolute atomic E-state index is 12.8. The molecule has 35 heavy (non-hydrogen) atoms. The zero-order valence-corrected chi connectivity index (χ0v) is 20.6. The molecular formula is C28H26N2O4S. The molecule has 1 heterocycles. The van der Waals surface area contributed by atoms with Crippen LogP contribution in [0.3, 0.4) is 0 Å². The van der Waals surface area contributed by atoms with Gasteiger partial charge in [0.2, 0.25) is 5.91 Å². The van der Waals surface area contributed by atoms with E-state index >= 15 is 0 Å². The quantitative estimate of drug-likeness (QED) is 0.277. The van der Waals surface area contributed by atoms with Crippen LogP contribution >= 0.6 is 11.3 Å². The number of ether oxygens (including phenoxy) is 2. The zero-order chi connectivity index (χ0) is 24.8. The molecule has 1 amide bonds. The third kappa shape index (κ3) is 5.75. The highest BCUT2D eigenvalue weighted by Crippen LogP contribution is 2.39. The third-order valence-corrected chi connectivity index (χ3v) is 6.54. The molecule has 6 nitrogen and oxygen atoms in total. The van der Waals surface area contributed by atoms with Crippen LogP contribution in [0.1, 0.15) is 28.8 Å². The maximum Gasteiger partial charge on any atom is 0.226 e. The average molecular weight is 487 g/mol. The number of aromatic nitrogens is 1. The Bertz CT molecular complexity index is 1330. The lowest BCUT2D eigenvalue weighted by Crippen LogP contribution is -2.13. The van der Waals surface area contributed by atoms with Gasteiger partial charge in [-0.05, 0) is 30.7 Å². The minimum atomic E-state index is -0.274. The Kier molecular flexibility index (Phi) is 7.57. The summed E-state index contributed by atoms with van der Waals surface area (Å²) in [7, 11) is 3.04. The van der Waals surface area contributed by atoms with E-state index in [0.717, 1.165) is 21.7 Å². The van der Waals surface area contributed by atoms with Crippen molar-refractivity contribution in [1.82, 2.24) is 4.98 Å². The molecule has 0 bridgehead atoms. The number of amides is 1. The molecule has 4 aromatic rings. The number of benzene rings is 3.